The van der Waals surface area contributed by atoms with Crippen LogP contribution in [0.25, 0.3) is 0 Å². The van der Waals surface area contributed by atoms with Crippen molar-refractivity contribution < 1.29 is 5.11 Å². The van der Waals surface area contributed by atoms with Crippen LogP contribution in [-0.4, -0.2) is 24.3 Å². The molecular weight excluding hydrogens is 114 g/mol. The SMILES string of the molecule is CC(CO)CNC(C)C. The van der Waals surface area contributed by atoms with E-state index in [1.165, 1.54) is 0 Å². The van der Waals surface area contributed by atoms with Crippen LogP contribution in [0, 0.1) is 5.92 Å². The van der Waals surface area contributed by atoms with Gasteiger partial charge in [-0.15, -0.1) is 0 Å². The van der Waals surface area contributed by atoms with Crippen LogP contribution >= 0.6 is 0 Å². The van der Waals surface area contributed by atoms with Gasteiger partial charge in [-0.2, -0.15) is 0 Å². The smallest absolute Gasteiger partial charge is 0.0468 e. The zero-order valence-electron chi connectivity index (χ0n) is 6.52. The Morgan fingerprint density at radius 3 is 2.22 bits per heavy atom. The molecule has 0 rings (SSSR count). The average Bonchev–Trinajstić information content (AvgIpc) is 1.83. The average molecular weight is 131 g/mol. The Labute approximate surface area is 57.3 Å². The predicted molar refractivity (Wildman–Crippen MR) is 39.4 cm³/mol. The Kier molecular flexibility index (Phi) is 4.72. The Balaban J connectivity index is 3.06. The maximum absolute atomic E-state index is 8.61. The number of nitrogens with one attached hydrogen (secondary N) is 1. The topological polar surface area (TPSA) is 32.3 Å². The predicted octanol–water partition coefficient (Wildman–Crippen LogP) is 0.613. The number of hydrogen-bond donors (Lipinski definition) is 2. The molecule has 0 radical (unpaired) electrons. The molecule has 56 valence electrons. The van der Waals surface area contributed by atoms with Crippen molar-refractivity contribution in [1.82, 2.24) is 5.32 Å². The van der Waals surface area contributed by atoms with E-state index in [4.69, 9.17) is 5.11 Å². The van der Waals surface area contributed by atoms with Crippen LogP contribution in [-0.2, 0) is 0 Å². The van der Waals surface area contributed by atoms with Crippen LogP contribution in [0.5, 0.6) is 0 Å². The lowest BCUT2D eigenvalue weighted by molar-refractivity contribution is 0.231. The lowest BCUT2D eigenvalue weighted by atomic mass is 10.2. The molecule has 0 heterocycles. The van der Waals surface area contributed by atoms with Gasteiger partial charge in [-0.05, 0) is 5.92 Å². The van der Waals surface area contributed by atoms with E-state index in [0.717, 1.165) is 6.54 Å². The molecule has 0 aromatic heterocycles. The Hall–Kier alpha value is -0.0800. The highest BCUT2D eigenvalue weighted by molar-refractivity contribution is 4.57. The van der Waals surface area contributed by atoms with E-state index in [2.05, 4.69) is 19.2 Å². The molecule has 2 N–H and O–H groups in total. The van der Waals surface area contributed by atoms with Crippen molar-refractivity contribution in [2.45, 2.75) is 26.8 Å². The highest BCUT2D eigenvalue weighted by Crippen LogP contribution is 1.89. The van der Waals surface area contributed by atoms with Crippen LogP contribution in [0.1, 0.15) is 20.8 Å². The molecule has 2 heteroatoms. The summed E-state index contributed by atoms with van der Waals surface area (Å²) >= 11 is 0. The molecule has 0 aliphatic heterocycles. The highest BCUT2D eigenvalue weighted by Gasteiger charge is 1.98. The third-order valence-corrected chi connectivity index (χ3v) is 1.19. The van der Waals surface area contributed by atoms with Gasteiger partial charge in [0.15, 0.2) is 0 Å². The second-order valence-electron chi connectivity index (χ2n) is 2.85. The van der Waals surface area contributed by atoms with Crippen molar-refractivity contribution in [3.05, 3.63) is 0 Å². The van der Waals surface area contributed by atoms with Crippen molar-refractivity contribution in [2.24, 2.45) is 5.92 Å². The van der Waals surface area contributed by atoms with Crippen LogP contribution < -0.4 is 5.32 Å². The van der Waals surface area contributed by atoms with Crippen molar-refractivity contribution >= 4 is 0 Å². The van der Waals surface area contributed by atoms with Gasteiger partial charge in [0.05, 0.1) is 0 Å². The lowest BCUT2D eigenvalue weighted by Crippen LogP contribution is -2.29. The summed E-state index contributed by atoms with van der Waals surface area (Å²) in [5.41, 5.74) is 0. The molecule has 9 heavy (non-hydrogen) atoms. The molecule has 0 bridgehead atoms. The summed E-state index contributed by atoms with van der Waals surface area (Å²) in [6.45, 7) is 7.41. The van der Waals surface area contributed by atoms with Gasteiger partial charge in [-0.25, -0.2) is 0 Å². The van der Waals surface area contributed by atoms with Gasteiger partial charge in [0.25, 0.3) is 0 Å². The molecule has 0 aliphatic rings. The second kappa shape index (κ2) is 4.77. The number of hydrogen-bond acceptors (Lipinski definition) is 2. The standard InChI is InChI=1S/C7H17NO/c1-6(2)8-4-7(3)5-9/h6-9H,4-5H2,1-3H3. The summed E-state index contributed by atoms with van der Waals surface area (Å²) in [6.07, 6.45) is 0. The Bertz CT molecular complexity index is 63.9. The maximum Gasteiger partial charge on any atom is 0.0468 e. The fourth-order valence-electron chi connectivity index (χ4n) is 0.501. The molecule has 0 fully saturated rings. The minimum atomic E-state index is 0.278. The van der Waals surface area contributed by atoms with Crippen LogP contribution in [0.2, 0.25) is 0 Å². The van der Waals surface area contributed by atoms with Crippen molar-refractivity contribution in [2.75, 3.05) is 13.2 Å². The van der Waals surface area contributed by atoms with E-state index in [9.17, 15) is 0 Å². The summed E-state index contributed by atoms with van der Waals surface area (Å²) in [6, 6.07) is 0.527. The third-order valence-electron chi connectivity index (χ3n) is 1.19. The molecule has 0 spiro atoms. The fourth-order valence-corrected chi connectivity index (χ4v) is 0.501. The van der Waals surface area contributed by atoms with E-state index in [1.807, 2.05) is 6.92 Å². The molecular formula is C7H17NO. The molecule has 0 amide bonds. The summed E-state index contributed by atoms with van der Waals surface area (Å²) in [7, 11) is 0. The van der Waals surface area contributed by atoms with Gasteiger partial charge in [0.1, 0.15) is 0 Å². The van der Waals surface area contributed by atoms with E-state index in [0.29, 0.717) is 12.0 Å². The van der Waals surface area contributed by atoms with Crippen LogP contribution in [0.3, 0.4) is 0 Å². The molecule has 0 aromatic rings. The molecule has 0 saturated carbocycles. The van der Waals surface area contributed by atoms with Crippen molar-refractivity contribution in [3.8, 4) is 0 Å². The second-order valence-corrected chi connectivity index (χ2v) is 2.85. The highest BCUT2D eigenvalue weighted by atomic mass is 16.3. The zero-order valence-corrected chi connectivity index (χ0v) is 6.52. The first-order valence-electron chi connectivity index (χ1n) is 3.51. The molecule has 0 aromatic carbocycles. The fraction of sp³-hybridized carbons (Fsp3) is 1.00. The van der Waals surface area contributed by atoms with E-state index in [-0.39, 0.29) is 6.61 Å². The Morgan fingerprint density at radius 2 is 1.89 bits per heavy atom. The number of aliphatic hydroxyl groups is 1. The summed E-state index contributed by atoms with van der Waals surface area (Å²) < 4.78 is 0. The third kappa shape index (κ3) is 5.80. The summed E-state index contributed by atoms with van der Waals surface area (Å²) in [4.78, 5) is 0. The van der Waals surface area contributed by atoms with Crippen molar-refractivity contribution in [1.29, 1.82) is 0 Å². The largest absolute Gasteiger partial charge is 0.396 e. The molecule has 1 atom stereocenters. The van der Waals surface area contributed by atoms with Crippen LogP contribution in [0.4, 0.5) is 0 Å². The molecule has 2 nitrogen and oxygen atoms in total. The van der Waals surface area contributed by atoms with Gasteiger partial charge >= 0.3 is 0 Å². The normalized spacial score (nSPS) is 14.3. The van der Waals surface area contributed by atoms with Gasteiger partial charge < -0.3 is 10.4 Å². The van der Waals surface area contributed by atoms with Crippen molar-refractivity contribution in [3.63, 3.8) is 0 Å². The van der Waals surface area contributed by atoms with Gasteiger partial charge in [-0.3, -0.25) is 0 Å². The first-order valence-corrected chi connectivity index (χ1v) is 3.51. The van der Waals surface area contributed by atoms with Gasteiger partial charge in [-0.1, -0.05) is 20.8 Å². The number of aliphatic hydroxyl groups excluding tert-OH is 1. The quantitative estimate of drug-likeness (QED) is 0.586. The maximum atomic E-state index is 8.61. The Morgan fingerprint density at radius 1 is 1.33 bits per heavy atom. The minimum absolute atomic E-state index is 0.278. The molecule has 0 aliphatic carbocycles. The van der Waals surface area contributed by atoms with Gasteiger partial charge in [0.2, 0.25) is 0 Å². The lowest BCUT2D eigenvalue weighted by Gasteiger charge is -2.11. The monoisotopic (exact) mass is 131 g/mol. The van der Waals surface area contributed by atoms with Crippen LogP contribution in [0.15, 0.2) is 0 Å². The zero-order chi connectivity index (χ0) is 7.28. The van der Waals surface area contributed by atoms with Gasteiger partial charge in [0, 0.05) is 19.2 Å². The van der Waals surface area contributed by atoms with E-state index < -0.39 is 0 Å². The van der Waals surface area contributed by atoms with E-state index >= 15 is 0 Å². The number of rotatable bonds is 4. The molecule has 0 saturated heterocycles. The first-order chi connectivity index (χ1) is 4.16. The van der Waals surface area contributed by atoms with E-state index in [1.54, 1.807) is 0 Å². The summed E-state index contributed by atoms with van der Waals surface area (Å²) in [5, 5.41) is 11.8. The molecule has 1 unspecified atom stereocenters. The first kappa shape index (κ1) is 8.92. The summed E-state index contributed by atoms with van der Waals surface area (Å²) in [5.74, 6) is 0.382. The minimum Gasteiger partial charge on any atom is -0.396 e.